The Labute approximate surface area is 93.1 Å². The van der Waals surface area contributed by atoms with Gasteiger partial charge in [0.15, 0.2) is 5.76 Å². The summed E-state index contributed by atoms with van der Waals surface area (Å²) in [6.45, 7) is 1.93. The zero-order chi connectivity index (χ0) is 11.5. The number of carbonyl (C=O) groups excluding carboxylic acids is 1. The molecule has 0 unspecified atom stereocenters. The second-order valence-corrected chi connectivity index (χ2v) is 3.52. The molecule has 1 aromatic carbocycles. The summed E-state index contributed by atoms with van der Waals surface area (Å²) in [7, 11) is 0. The SMILES string of the molecule is Cc1ccc(N)c(NC(=O)c2ccco2)c1. The second-order valence-electron chi connectivity index (χ2n) is 3.52. The van der Waals surface area contributed by atoms with E-state index in [1.54, 1.807) is 18.2 Å². The molecule has 0 fully saturated rings. The molecule has 16 heavy (non-hydrogen) atoms. The standard InChI is InChI=1S/C12H12N2O2/c1-8-4-5-9(13)10(7-8)14-12(15)11-3-2-6-16-11/h2-7H,13H2,1H3,(H,14,15). The van der Waals surface area contributed by atoms with E-state index in [2.05, 4.69) is 5.32 Å². The minimum atomic E-state index is -0.303. The van der Waals surface area contributed by atoms with Crippen LogP contribution in [0.15, 0.2) is 41.0 Å². The number of anilines is 2. The minimum Gasteiger partial charge on any atom is -0.459 e. The molecule has 4 nitrogen and oxygen atoms in total. The van der Waals surface area contributed by atoms with Gasteiger partial charge in [0.2, 0.25) is 0 Å². The van der Waals surface area contributed by atoms with Gasteiger partial charge in [0, 0.05) is 0 Å². The Morgan fingerprint density at radius 1 is 1.38 bits per heavy atom. The van der Waals surface area contributed by atoms with Crippen molar-refractivity contribution in [3.8, 4) is 0 Å². The summed E-state index contributed by atoms with van der Waals surface area (Å²) in [5.74, 6) is -0.0387. The lowest BCUT2D eigenvalue weighted by atomic mass is 10.2. The van der Waals surface area contributed by atoms with Gasteiger partial charge >= 0.3 is 0 Å². The van der Waals surface area contributed by atoms with E-state index in [0.717, 1.165) is 5.56 Å². The van der Waals surface area contributed by atoms with E-state index in [1.165, 1.54) is 6.26 Å². The van der Waals surface area contributed by atoms with Gasteiger partial charge in [-0.15, -0.1) is 0 Å². The van der Waals surface area contributed by atoms with Crippen LogP contribution in [0.3, 0.4) is 0 Å². The first kappa shape index (κ1) is 10.3. The molecule has 0 saturated carbocycles. The quantitative estimate of drug-likeness (QED) is 0.757. The normalized spacial score (nSPS) is 10.1. The van der Waals surface area contributed by atoms with Crippen LogP contribution in [-0.4, -0.2) is 5.91 Å². The highest BCUT2D eigenvalue weighted by atomic mass is 16.3. The largest absolute Gasteiger partial charge is 0.459 e. The highest BCUT2D eigenvalue weighted by molar-refractivity contribution is 6.03. The number of nitrogen functional groups attached to an aromatic ring is 1. The van der Waals surface area contributed by atoms with Gasteiger partial charge in [0.05, 0.1) is 17.6 Å². The Hall–Kier alpha value is -2.23. The minimum absolute atomic E-state index is 0.265. The molecule has 1 amide bonds. The van der Waals surface area contributed by atoms with Crippen molar-refractivity contribution >= 4 is 17.3 Å². The zero-order valence-corrected chi connectivity index (χ0v) is 8.86. The fourth-order valence-electron chi connectivity index (χ4n) is 1.37. The number of benzene rings is 1. The van der Waals surface area contributed by atoms with Gasteiger partial charge in [-0.3, -0.25) is 4.79 Å². The number of nitrogens with one attached hydrogen (secondary N) is 1. The molecule has 0 spiro atoms. The molecule has 4 heteroatoms. The van der Waals surface area contributed by atoms with Crippen LogP contribution >= 0.6 is 0 Å². The Balaban J connectivity index is 2.21. The third kappa shape index (κ3) is 2.06. The average molecular weight is 216 g/mol. The topological polar surface area (TPSA) is 68.3 Å². The van der Waals surface area contributed by atoms with Gasteiger partial charge < -0.3 is 15.5 Å². The summed E-state index contributed by atoms with van der Waals surface area (Å²) in [4.78, 5) is 11.7. The molecule has 0 atom stereocenters. The van der Waals surface area contributed by atoms with Crippen LogP contribution in [0.25, 0.3) is 0 Å². The molecule has 0 radical (unpaired) electrons. The average Bonchev–Trinajstić information content (AvgIpc) is 2.76. The van der Waals surface area contributed by atoms with Crippen molar-refractivity contribution in [2.45, 2.75) is 6.92 Å². The molecular weight excluding hydrogens is 204 g/mol. The summed E-state index contributed by atoms with van der Waals surface area (Å²) in [5.41, 5.74) is 7.91. The molecule has 1 aromatic heterocycles. The molecule has 0 bridgehead atoms. The number of amides is 1. The molecule has 2 aromatic rings. The first-order valence-electron chi connectivity index (χ1n) is 4.88. The Morgan fingerprint density at radius 3 is 2.88 bits per heavy atom. The molecule has 2 rings (SSSR count). The van der Waals surface area contributed by atoms with Crippen molar-refractivity contribution in [3.05, 3.63) is 47.9 Å². The maximum Gasteiger partial charge on any atom is 0.291 e. The third-order valence-electron chi connectivity index (χ3n) is 2.20. The van der Waals surface area contributed by atoms with Gasteiger partial charge in [0.1, 0.15) is 0 Å². The summed E-state index contributed by atoms with van der Waals surface area (Å²) >= 11 is 0. The molecule has 3 N–H and O–H groups in total. The van der Waals surface area contributed by atoms with Crippen molar-refractivity contribution in [1.29, 1.82) is 0 Å². The molecule has 0 saturated heterocycles. The highest BCUT2D eigenvalue weighted by Crippen LogP contribution is 2.20. The maximum absolute atomic E-state index is 11.7. The smallest absolute Gasteiger partial charge is 0.291 e. The summed E-state index contributed by atoms with van der Waals surface area (Å²) in [5, 5.41) is 2.70. The lowest BCUT2D eigenvalue weighted by molar-refractivity contribution is 0.0996. The number of aryl methyl sites for hydroxylation is 1. The number of hydrogen-bond acceptors (Lipinski definition) is 3. The number of carbonyl (C=O) groups is 1. The van der Waals surface area contributed by atoms with E-state index in [1.807, 2.05) is 19.1 Å². The number of furan rings is 1. The summed E-state index contributed by atoms with van der Waals surface area (Å²) in [6, 6.07) is 8.72. The van der Waals surface area contributed by atoms with Crippen molar-refractivity contribution in [2.75, 3.05) is 11.1 Å². The monoisotopic (exact) mass is 216 g/mol. The van der Waals surface area contributed by atoms with E-state index < -0.39 is 0 Å². The van der Waals surface area contributed by atoms with E-state index in [9.17, 15) is 4.79 Å². The van der Waals surface area contributed by atoms with Crippen LogP contribution in [0.1, 0.15) is 16.1 Å². The van der Waals surface area contributed by atoms with Crippen molar-refractivity contribution in [2.24, 2.45) is 0 Å². The number of nitrogens with two attached hydrogens (primary N) is 1. The molecule has 0 aliphatic carbocycles. The van der Waals surface area contributed by atoms with Crippen LogP contribution in [0.5, 0.6) is 0 Å². The zero-order valence-electron chi connectivity index (χ0n) is 8.86. The fourth-order valence-corrected chi connectivity index (χ4v) is 1.37. The Morgan fingerprint density at radius 2 is 2.19 bits per heavy atom. The molecule has 0 aliphatic heterocycles. The molecule has 1 heterocycles. The van der Waals surface area contributed by atoms with E-state index in [4.69, 9.17) is 10.2 Å². The van der Waals surface area contributed by atoms with Crippen molar-refractivity contribution in [3.63, 3.8) is 0 Å². The van der Waals surface area contributed by atoms with E-state index >= 15 is 0 Å². The van der Waals surface area contributed by atoms with Gasteiger partial charge in [-0.1, -0.05) is 6.07 Å². The van der Waals surface area contributed by atoms with Gasteiger partial charge in [-0.25, -0.2) is 0 Å². The number of rotatable bonds is 2. The summed E-state index contributed by atoms with van der Waals surface area (Å²) in [6.07, 6.45) is 1.45. The molecule has 82 valence electrons. The van der Waals surface area contributed by atoms with Gasteiger partial charge in [-0.05, 0) is 36.8 Å². The molecule has 0 aliphatic rings. The number of hydrogen-bond donors (Lipinski definition) is 2. The lowest BCUT2D eigenvalue weighted by Crippen LogP contribution is -2.12. The van der Waals surface area contributed by atoms with Crippen molar-refractivity contribution in [1.82, 2.24) is 0 Å². The Kier molecular flexibility index (Phi) is 2.64. The fraction of sp³-hybridized carbons (Fsp3) is 0.0833. The van der Waals surface area contributed by atoms with Crippen molar-refractivity contribution < 1.29 is 9.21 Å². The Bertz CT molecular complexity index is 504. The molecular formula is C12H12N2O2. The first-order valence-corrected chi connectivity index (χ1v) is 4.88. The first-order chi connectivity index (χ1) is 7.66. The van der Waals surface area contributed by atoms with Crippen LogP contribution in [-0.2, 0) is 0 Å². The predicted octanol–water partition coefficient (Wildman–Crippen LogP) is 2.42. The summed E-state index contributed by atoms with van der Waals surface area (Å²) < 4.78 is 4.98. The maximum atomic E-state index is 11.7. The van der Waals surface area contributed by atoms with Gasteiger partial charge in [0.25, 0.3) is 5.91 Å². The van der Waals surface area contributed by atoms with Crippen LogP contribution < -0.4 is 11.1 Å². The highest BCUT2D eigenvalue weighted by Gasteiger charge is 2.10. The predicted molar refractivity (Wildman–Crippen MR) is 62.3 cm³/mol. The lowest BCUT2D eigenvalue weighted by Gasteiger charge is -2.07. The third-order valence-corrected chi connectivity index (χ3v) is 2.20. The second kappa shape index (κ2) is 4.10. The van der Waals surface area contributed by atoms with Crippen LogP contribution in [0.4, 0.5) is 11.4 Å². The van der Waals surface area contributed by atoms with E-state index in [0.29, 0.717) is 11.4 Å². The van der Waals surface area contributed by atoms with Gasteiger partial charge in [-0.2, -0.15) is 0 Å². The van der Waals surface area contributed by atoms with E-state index in [-0.39, 0.29) is 11.7 Å². The van der Waals surface area contributed by atoms with Crippen LogP contribution in [0, 0.1) is 6.92 Å². The van der Waals surface area contributed by atoms with Crippen LogP contribution in [0.2, 0.25) is 0 Å².